The van der Waals surface area contributed by atoms with E-state index in [9.17, 15) is 4.39 Å². The number of ether oxygens (including phenoxy) is 1. The van der Waals surface area contributed by atoms with Crippen LogP contribution in [0, 0.1) is 5.82 Å². The number of methoxy groups -OCH3 is 1. The number of halogens is 1. The van der Waals surface area contributed by atoms with Crippen molar-refractivity contribution in [2.45, 2.75) is 12.6 Å². The summed E-state index contributed by atoms with van der Waals surface area (Å²) in [6, 6.07) is 12.7. The lowest BCUT2D eigenvalue weighted by Crippen LogP contribution is -2.27. The highest BCUT2D eigenvalue weighted by Gasteiger charge is 2.29. The molecule has 0 saturated carbocycles. The molecule has 0 aliphatic carbocycles. The molecule has 0 bridgehead atoms. The van der Waals surface area contributed by atoms with E-state index < -0.39 is 0 Å². The Kier molecular flexibility index (Phi) is 3.32. The van der Waals surface area contributed by atoms with Crippen molar-refractivity contribution in [3.63, 3.8) is 0 Å². The maximum absolute atomic E-state index is 13.4. The second kappa shape index (κ2) is 5.13. The van der Waals surface area contributed by atoms with Gasteiger partial charge >= 0.3 is 0 Å². The van der Waals surface area contributed by atoms with Crippen LogP contribution in [0.3, 0.4) is 0 Å². The van der Waals surface area contributed by atoms with Crippen LogP contribution >= 0.6 is 0 Å². The second-order valence-electron chi connectivity index (χ2n) is 4.92. The molecule has 0 aromatic heterocycles. The van der Waals surface area contributed by atoms with E-state index in [1.165, 1.54) is 11.6 Å². The van der Waals surface area contributed by atoms with Crippen LogP contribution in [0.5, 0.6) is 5.75 Å². The molecular weight excluding hydrogens is 255 g/mol. The maximum atomic E-state index is 13.4. The minimum atomic E-state index is -0.230. The number of benzene rings is 2. The highest BCUT2D eigenvalue weighted by Crippen LogP contribution is 2.38. The summed E-state index contributed by atoms with van der Waals surface area (Å²) in [6.45, 7) is 1.22. The van der Waals surface area contributed by atoms with Gasteiger partial charge < -0.3 is 15.4 Å². The molecule has 104 valence electrons. The third kappa shape index (κ3) is 2.12. The van der Waals surface area contributed by atoms with Crippen molar-refractivity contribution in [2.75, 3.05) is 18.6 Å². The van der Waals surface area contributed by atoms with Crippen LogP contribution < -0.4 is 15.4 Å². The molecule has 0 spiro atoms. The summed E-state index contributed by atoms with van der Waals surface area (Å²) in [5.74, 6) is 0.593. The van der Waals surface area contributed by atoms with E-state index in [-0.39, 0.29) is 11.9 Å². The Labute approximate surface area is 117 Å². The SMILES string of the molecule is COc1ccc2c(c1)C(CN)N(c1cccc(F)c1)C2. The Morgan fingerprint density at radius 1 is 1.30 bits per heavy atom. The van der Waals surface area contributed by atoms with Gasteiger partial charge in [-0.15, -0.1) is 0 Å². The standard InChI is InChI=1S/C16H17FN2O/c1-20-14-6-5-11-10-19(16(9-18)15(11)8-14)13-4-2-3-12(17)7-13/h2-8,16H,9-10,18H2,1H3. The fourth-order valence-electron chi connectivity index (χ4n) is 2.80. The van der Waals surface area contributed by atoms with Crippen molar-refractivity contribution < 1.29 is 9.13 Å². The second-order valence-corrected chi connectivity index (χ2v) is 4.92. The first kappa shape index (κ1) is 12.9. The predicted octanol–water partition coefficient (Wildman–Crippen LogP) is 2.85. The summed E-state index contributed by atoms with van der Waals surface area (Å²) in [6.07, 6.45) is 0. The number of rotatable bonds is 3. The van der Waals surface area contributed by atoms with Crippen LogP contribution in [0.15, 0.2) is 42.5 Å². The summed E-state index contributed by atoms with van der Waals surface area (Å²) in [5, 5.41) is 0. The Hall–Kier alpha value is -2.07. The number of anilines is 1. The van der Waals surface area contributed by atoms with Crippen molar-refractivity contribution in [2.24, 2.45) is 5.73 Å². The Morgan fingerprint density at radius 3 is 2.85 bits per heavy atom. The molecule has 4 heteroatoms. The largest absolute Gasteiger partial charge is 0.497 e. The van der Waals surface area contributed by atoms with E-state index in [2.05, 4.69) is 11.0 Å². The van der Waals surface area contributed by atoms with Gasteiger partial charge in [-0.25, -0.2) is 4.39 Å². The fraction of sp³-hybridized carbons (Fsp3) is 0.250. The van der Waals surface area contributed by atoms with E-state index in [4.69, 9.17) is 10.5 Å². The minimum Gasteiger partial charge on any atom is -0.497 e. The van der Waals surface area contributed by atoms with Crippen molar-refractivity contribution in [3.8, 4) is 5.75 Å². The van der Waals surface area contributed by atoms with Crippen molar-refractivity contribution >= 4 is 5.69 Å². The Balaban J connectivity index is 2.00. The number of hydrogen-bond donors (Lipinski definition) is 1. The summed E-state index contributed by atoms with van der Waals surface area (Å²) in [7, 11) is 1.65. The van der Waals surface area contributed by atoms with E-state index in [1.54, 1.807) is 19.2 Å². The lowest BCUT2D eigenvalue weighted by Gasteiger charge is -2.26. The minimum absolute atomic E-state index is 0.0573. The number of hydrogen-bond acceptors (Lipinski definition) is 3. The average Bonchev–Trinajstić information content (AvgIpc) is 2.84. The van der Waals surface area contributed by atoms with Crippen molar-refractivity contribution in [1.82, 2.24) is 0 Å². The van der Waals surface area contributed by atoms with Gasteiger partial charge in [0.2, 0.25) is 0 Å². The topological polar surface area (TPSA) is 38.5 Å². The number of nitrogens with two attached hydrogens (primary N) is 1. The van der Waals surface area contributed by atoms with E-state index in [0.717, 1.165) is 23.5 Å². The quantitative estimate of drug-likeness (QED) is 0.933. The van der Waals surface area contributed by atoms with E-state index in [1.807, 2.05) is 18.2 Å². The zero-order chi connectivity index (χ0) is 14.1. The molecule has 1 unspecified atom stereocenters. The molecule has 3 rings (SSSR count). The molecule has 1 atom stereocenters. The van der Waals surface area contributed by atoms with Crippen molar-refractivity contribution in [1.29, 1.82) is 0 Å². The summed E-state index contributed by atoms with van der Waals surface area (Å²) >= 11 is 0. The molecule has 0 amide bonds. The van der Waals surface area contributed by atoms with Gasteiger partial charge in [0, 0.05) is 18.8 Å². The summed E-state index contributed by atoms with van der Waals surface area (Å²) < 4.78 is 18.7. The van der Waals surface area contributed by atoms with Gasteiger partial charge in [-0.3, -0.25) is 0 Å². The van der Waals surface area contributed by atoms with Crippen LogP contribution in [-0.2, 0) is 6.54 Å². The normalized spacial score (nSPS) is 17.1. The Bertz CT molecular complexity index is 630. The van der Waals surface area contributed by atoms with Crippen LogP contribution in [0.2, 0.25) is 0 Å². The summed E-state index contributed by atoms with van der Waals surface area (Å²) in [4.78, 5) is 2.13. The molecule has 2 aromatic carbocycles. The third-order valence-electron chi connectivity index (χ3n) is 3.79. The average molecular weight is 272 g/mol. The highest BCUT2D eigenvalue weighted by atomic mass is 19.1. The van der Waals surface area contributed by atoms with Crippen molar-refractivity contribution in [3.05, 3.63) is 59.4 Å². The molecule has 0 fully saturated rings. The highest BCUT2D eigenvalue weighted by molar-refractivity contribution is 5.56. The molecule has 1 heterocycles. The smallest absolute Gasteiger partial charge is 0.125 e. The lowest BCUT2D eigenvalue weighted by atomic mass is 10.0. The molecule has 1 aliphatic heterocycles. The van der Waals surface area contributed by atoms with Gasteiger partial charge in [-0.2, -0.15) is 0 Å². The van der Waals surface area contributed by atoms with Gasteiger partial charge in [0.25, 0.3) is 0 Å². The summed E-state index contributed by atoms with van der Waals surface area (Å²) in [5.41, 5.74) is 9.16. The molecule has 2 N–H and O–H groups in total. The van der Waals surface area contributed by atoms with Crippen LogP contribution in [0.4, 0.5) is 10.1 Å². The molecule has 0 radical (unpaired) electrons. The first-order valence-corrected chi connectivity index (χ1v) is 6.62. The van der Waals surface area contributed by atoms with Crippen LogP contribution in [0.1, 0.15) is 17.2 Å². The molecule has 0 saturated heterocycles. The first-order valence-electron chi connectivity index (χ1n) is 6.62. The third-order valence-corrected chi connectivity index (χ3v) is 3.79. The fourth-order valence-corrected chi connectivity index (χ4v) is 2.80. The van der Waals surface area contributed by atoms with Gasteiger partial charge in [-0.05, 0) is 41.5 Å². The maximum Gasteiger partial charge on any atom is 0.125 e. The molecule has 1 aliphatic rings. The molecule has 20 heavy (non-hydrogen) atoms. The van der Waals surface area contributed by atoms with Crippen LogP contribution in [0.25, 0.3) is 0 Å². The van der Waals surface area contributed by atoms with Gasteiger partial charge in [0.1, 0.15) is 11.6 Å². The van der Waals surface area contributed by atoms with Gasteiger partial charge in [0.15, 0.2) is 0 Å². The van der Waals surface area contributed by atoms with Crippen LogP contribution in [-0.4, -0.2) is 13.7 Å². The first-order chi connectivity index (χ1) is 9.72. The lowest BCUT2D eigenvalue weighted by molar-refractivity contribution is 0.414. The van der Waals surface area contributed by atoms with E-state index >= 15 is 0 Å². The molecular formula is C16H17FN2O. The monoisotopic (exact) mass is 272 g/mol. The zero-order valence-corrected chi connectivity index (χ0v) is 11.3. The van der Waals surface area contributed by atoms with Gasteiger partial charge in [0.05, 0.1) is 13.2 Å². The molecule has 3 nitrogen and oxygen atoms in total. The number of fused-ring (bicyclic) bond motifs is 1. The number of nitrogens with zero attached hydrogens (tertiary/aromatic N) is 1. The Morgan fingerprint density at radius 2 is 2.15 bits per heavy atom. The zero-order valence-electron chi connectivity index (χ0n) is 11.3. The van der Waals surface area contributed by atoms with Gasteiger partial charge in [-0.1, -0.05) is 12.1 Å². The van der Waals surface area contributed by atoms with E-state index in [0.29, 0.717) is 6.54 Å². The molecule has 2 aromatic rings. The predicted molar refractivity (Wildman–Crippen MR) is 77.4 cm³/mol.